The van der Waals surface area contributed by atoms with Crippen molar-refractivity contribution in [2.24, 2.45) is 0 Å². The van der Waals surface area contributed by atoms with Crippen LogP contribution in [0.3, 0.4) is 0 Å². The molecule has 0 saturated carbocycles. The number of hydrogen-bond donors (Lipinski definition) is 2. The zero-order chi connectivity index (χ0) is 21.8. The highest BCUT2D eigenvalue weighted by atomic mass is 35.6. The summed E-state index contributed by atoms with van der Waals surface area (Å²) in [7, 11) is 1.51. The third-order valence-corrected chi connectivity index (χ3v) is 4.68. The third-order valence-electron chi connectivity index (χ3n) is 4.36. The fourth-order valence-electron chi connectivity index (χ4n) is 2.98. The van der Waals surface area contributed by atoms with Crippen molar-refractivity contribution < 1.29 is 34.1 Å². The van der Waals surface area contributed by atoms with E-state index in [1.165, 1.54) is 12.0 Å². The van der Waals surface area contributed by atoms with Crippen LogP contribution in [0.15, 0.2) is 24.3 Å². The molecular formula is C17H19Cl3N2O7. The van der Waals surface area contributed by atoms with Crippen molar-refractivity contribution in [3.63, 3.8) is 0 Å². The first-order valence-corrected chi connectivity index (χ1v) is 9.50. The molecule has 2 N–H and O–H groups in total. The van der Waals surface area contributed by atoms with Gasteiger partial charge >= 0.3 is 18.2 Å². The van der Waals surface area contributed by atoms with Gasteiger partial charge in [-0.25, -0.2) is 14.4 Å². The number of halogens is 3. The third kappa shape index (κ3) is 6.45. The average Bonchev–Trinajstić information content (AvgIpc) is 3.10. The predicted octanol–water partition coefficient (Wildman–Crippen LogP) is 3.21. The minimum atomic E-state index is -1.83. The number of hydrogen-bond acceptors (Lipinski definition) is 5. The zero-order valence-corrected chi connectivity index (χ0v) is 17.5. The van der Waals surface area contributed by atoms with Crippen LogP contribution in [-0.2, 0) is 16.1 Å². The molecule has 2 rings (SSSR count). The number of nitrogens with zero attached hydrogens (tertiary/aromatic N) is 2. The van der Waals surface area contributed by atoms with Gasteiger partial charge in [-0.2, -0.15) is 0 Å². The molecular weight excluding hydrogens is 451 g/mol. The average molecular weight is 470 g/mol. The number of alkyl halides is 3. The lowest BCUT2D eigenvalue weighted by Crippen LogP contribution is -2.43. The van der Waals surface area contributed by atoms with E-state index >= 15 is 0 Å². The monoisotopic (exact) mass is 468 g/mol. The zero-order valence-electron chi connectivity index (χ0n) is 15.3. The maximum Gasteiger partial charge on any atom is 0.410 e. The van der Waals surface area contributed by atoms with Crippen molar-refractivity contribution in [3.8, 4) is 5.75 Å². The van der Waals surface area contributed by atoms with Crippen molar-refractivity contribution >= 4 is 53.0 Å². The van der Waals surface area contributed by atoms with Gasteiger partial charge in [0, 0.05) is 19.5 Å². The van der Waals surface area contributed by atoms with Gasteiger partial charge in [0.1, 0.15) is 18.4 Å². The molecule has 0 unspecified atom stereocenters. The molecule has 0 spiro atoms. The van der Waals surface area contributed by atoms with Crippen LogP contribution in [0.1, 0.15) is 12.0 Å². The number of rotatable bonds is 6. The minimum Gasteiger partial charge on any atom is -0.497 e. The summed E-state index contributed by atoms with van der Waals surface area (Å²) >= 11 is 16.9. The molecule has 1 heterocycles. The minimum absolute atomic E-state index is 0.0349. The first-order chi connectivity index (χ1) is 13.5. The second kappa shape index (κ2) is 9.60. The van der Waals surface area contributed by atoms with Gasteiger partial charge in [-0.05, 0) is 17.7 Å². The number of carboxylic acids is 1. The van der Waals surface area contributed by atoms with Gasteiger partial charge in [-0.1, -0.05) is 46.9 Å². The van der Waals surface area contributed by atoms with E-state index in [4.69, 9.17) is 44.3 Å². The van der Waals surface area contributed by atoms with Gasteiger partial charge in [-0.15, -0.1) is 0 Å². The first-order valence-electron chi connectivity index (χ1n) is 8.37. The number of carboxylic acid groups (broad SMARTS) is 2. The Morgan fingerprint density at radius 2 is 1.83 bits per heavy atom. The Labute approximate surface area is 181 Å². The lowest BCUT2D eigenvalue weighted by Gasteiger charge is -2.28. The second-order valence-corrected chi connectivity index (χ2v) is 8.84. The Kier molecular flexibility index (Phi) is 7.67. The number of benzene rings is 1. The predicted molar refractivity (Wildman–Crippen MR) is 105 cm³/mol. The van der Waals surface area contributed by atoms with Crippen LogP contribution in [0.25, 0.3) is 0 Å². The number of aliphatic carboxylic acids is 1. The van der Waals surface area contributed by atoms with E-state index in [2.05, 4.69) is 0 Å². The maximum atomic E-state index is 12.6. The van der Waals surface area contributed by atoms with Crippen LogP contribution in [0.5, 0.6) is 5.75 Å². The normalized spacial score (nSPS) is 19.0. The highest BCUT2D eigenvalue weighted by molar-refractivity contribution is 6.67. The topological polar surface area (TPSA) is 117 Å². The summed E-state index contributed by atoms with van der Waals surface area (Å²) in [6.07, 6.45) is -2.34. The largest absolute Gasteiger partial charge is 0.497 e. The Hall–Kier alpha value is -2.10. The van der Waals surface area contributed by atoms with Crippen molar-refractivity contribution in [2.45, 2.75) is 28.8 Å². The van der Waals surface area contributed by atoms with Gasteiger partial charge in [0.05, 0.1) is 13.2 Å². The van der Waals surface area contributed by atoms with Gasteiger partial charge in [0.15, 0.2) is 0 Å². The molecule has 1 aromatic carbocycles. The molecule has 0 aromatic heterocycles. The highest BCUT2D eigenvalue weighted by Crippen LogP contribution is 2.28. The van der Waals surface area contributed by atoms with Crippen LogP contribution in [0, 0.1) is 0 Å². The standard InChI is InChI=1S/C17H19Cl3N2O7/c1-28-12-4-2-10(3-5-12)7-21(16(27)29-9-17(18,19)20)11-6-13(14(23)24)22(8-11)15(25)26/h2-5,11,13H,6-9H2,1H3,(H,23,24)(H,25,26)/t11-,13-/m0/s1. The molecule has 0 aliphatic carbocycles. The first kappa shape index (κ1) is 23.2. The summed E-state index contributed by atoms with van der Waals surface area (Å²) in [4.78, 5) is 37.5. The Morgan fingerprint density at radius 3 is 2.28 bits per heavy atom. The van der Waals surface area contributed by atoms with Crippen molar-refractivity contribution in [2.75, 3.05) is 20.3 Å². The maximum absolute atomic E-state index is 12.6. The summed E-state index contributed by atoms with van der Waals surface area (Å²) in [6.45, 7) is -0.675. The SMILES string of the molecule is COc1ccc(CN(C(=O)OCC(Cl)(Cl)Cl)[C@H]2C[C@@H](C(=O)O)N(C(=O)O)C2)cc1. The molecule has 1 aromatic rings. The quantitative estimate of drug-likeness (QED) is 0.614. The number of methoxy groups -OCH3 is 1. The number of carbonyl (C=O) groups is 3. The summed E-state index contributed by atoms with van der Waals surface area (Å²) in [5.41, 5.74) is 0.692. The van der Waals surface area contributed by atoms with Gasteiger partial charge in [0.2, 0.25) is 3.79 Å². The molecule has 1 aliphatic rings. The molecule has 0 bridgehead atoms. The van der Waals surface area contributed by atoms with Gasteiger partial charge in [0.25, 0.3) is 0 Å². The van der Waals surface area contributed by atoms with Crippen LogP contribution in [0.2, 0.25) is 0 Å². The molecule has 9 nitrogen and oxygen atoms in total. The van der Waals surface area contributed by atoms with E-state index < -0.39 is 40.6 Å². The van der Waals surface area contributed by atoms with Crippen LogP contribution in [-0.4, -0.2) is 74.3 Å². The Bertz CT molecular complexity index is 732. The van der Waals surface area contributed by atoms with E-state index in [-0.39, 0.29) is 19.5 Å². The molecule has 1 fully saturated rings. The molecule has 1 aliphatic heterocycles. The lowest BCUT2D eigenvalue weighted by atomic mass is 10.1. The Balaban J connectivity index is 2.24. The lowest BCUT2D eigenvalue weighted by molar-refractivity contribution is -0.141. The smallest absolute Gasteiger partial charge is 0.410 e. The van der Waals surface area contributed by atoms with Crippen molar-refractivity contribution in [3.05, 3.63) is 29.8 Å². The van der Waals surface area contributed by atoms with Gasteiger partial charge < -0.3 is 19.7 Å². The number of carbonyl (C=O) groups excluding carboxylic acids is 1. The Morgan fingerprint density at radius 1 is 1.21 bits per heavy atom. The summed E-state index contributed by atoms with van der Waals surface area (Å²) in [5.74, 6) is -0.683. The van der Waals surface area contributed by atoms with E-state index in [1.807, 2.05) is 0 Å². The van der Waals surface area contributed by atoms with E-state index in [0.29, 0.717) is 11.3 Å². The van der Waals surface area contributed by atoms with Crippen LogP contribution in [0.4, 0.5) is 9.59 Å². The molecule has 2 atom stereocenters. The molecule has 29 heavy (non-hydrogen) atoms. The van der Waals surface area contributed by atoms with Gasteiger partial charge in [-0.3, -0.25) is 9.80 Å². The number of amides is 2. The summed E-state index contributed by atoms with van der Waals surface area (Å²) in [6, 6.07) is 4.80. The molecule has 1 saturated heterocycles. The fourth-order valence-corrected chi connectivity index (χ4v) is 3.15. The van der Waals surface area contributed by atoms with Crippen LogP contribution >= 0.6 is 34.8 Å². The molecule has 0 radical (unpaired) electrons. The van der Waals surface area contributed by atoms with E-state index in [0.717, 1.165) is 4.90 Å². The van der Waals surface area contributed by atoms with E-state index in [1.54, 1.807) is 24.3 Å². The van der Waals surface area contributed by atoms with Crippen LogP contribution < -0.4 is 4.74 Å². The van der Waals surface area contributed by atoms with Crippen molar-refractivity contribution in [1.82, 2.24) is 9.80 Å². The molecule has 2 amide bonds. The number of ether oxygens (including phenoxy) is 2. The fraction of sp³-hybridized carbons (Fsp3) is 0.471. The van der Waals surface area contributed by atoms with E-state index in [9.17, 15) is 24.6 Å². The molecule has 12 heteroatoms. The van der Waals surface area contributed by atoms with Crippen molar-refractivity contribution in [1.29, 1.82) is 0 Å². The summed E-state index contributed by atoms with van der Waals surface area (Å²) < 4.78 is 8.31. The highest BCUT2D eigenvalue weighted by Gasteiger charge is 2.44. The summed E-state index contributed by atoms with van der Waals surface area (Å²) in [5, 5.41) is 18.6. The second-order valence-electron chi connectivity index (χ2n) is 6.32. The molecule has 160 valence electrons. The number of likely N-dealkylation sites (tertiary alicyclic amines) is 1.